The first-order valence-corrected chi connectivity index (χ1v) is 12.0. The summed E-state index contributed by atoms with van der Waals surface area (Å²) in [5.41, 5.74) is 2.54. The third kappa shape index (κ3) is 6.22. The summed E-state index contributed by atoms with van der Waals surface area (Å²) in [7, 11) is 0. The molecule has 2 aliphatic rings. The number of aryl methyl sites for hydroxylation is 2. The number of amides is 1. The molecule has 2 aliphatic heterocycles. The van der Waals surface area contributed by atoms with Crippen molar-refractivity contribution in [3.8, 4) is 0 Å². The van der Waals surface area contributed by atoms with Crippen molar-refractivity contribution >= 4 is 23.6 Å². The fourth-order valence-corrected chi connectivity index (χ4v) is 4.95. The number of hydrogen-bond acceptors (Lipinski definition) is 6. The van der Waals surface area contributed by atoms with Gasteiger partial charge in [0, 0.05) is 32.7 Å². The predicted molar refractivity (Wildman–Crippen MR) is 113 cm³/mol. The summed E-state index contributed by atoms with van der Waals surface area (Å²) in [6.07, 6.45) is 5.71. The van der Waals surface area contributed by atoms with Crippen LogP contribution in [-0.2, 0) is 33.7 Å². The molecule has 0 unspecified atom stereocenters. The summed E-state index contributed by atoms with van der Waals surface area (Å²) in [5.74, 6) is 2.06. The number of nitrogens with zero attached hydrogens (tertiary/aromatic N) is 2. The van der Waals surface area contributed by atoms with E-state index in [0.717, 1.165) is 60.6 Å². The Morgan fingerprint density at radius 1 is 1.31 bits per heavy atom. The quantitative estimate of drug-likeness (QED) is 0.559. The highest BCUT2D eigenvalue weighted by molar-refractivity contribution is 7.99. The van der Waals surface area contributed by atoms with Gasteiger partial charge in [0.1, 0.15) is 0 Å². The summed E-state index contributed by atoms with van der Waals surface area (Å²) in [6.45, 7) is 5.05. The maximum absolute atomic E-state index is 12.7. The van der Waals surface area contributed by atoms with Gasteiger partial charge in [0.05, 0.1) is 29.5 Å². The largest absolute Gasteiger partial charge is 0.465 e. The van der Waals surface area contributed by atoms with E-state index in [9.17, 15) is 9.59 Å². The molecule has 0 spiro atoms. The van der Waals surface area contributed by atoms with Gasteiger partial charge in [-0.15, -0.1) is 0 Å². The molecular formula is C21H33N3O4S. The molecule has 3 heterocycles. The molecular weight excluding hydrogens is 390 g/mol. The Hall–Kier alpha value is -1.54. The smallest absolute Gasteiger partial charge is 0.308 e. The number of carbonyl (C=O) groups excluding carboxylic acids is 2. The standard InChI is InChI=1S/C21H33N3O4S/c1-2-17-19-18(6-3-11-27-12-4-9-22-20(19)25)24(23-17)10-5-13-28-21(26)16-7-14-29-15-8-16/h16H,2-15H2,1H3,(H,22,25). The predicted octanol–water partition coefficient (Wildman–Crippen LogP) is 2.60. The van der Waals surface area contributed by atoms with Crippen LogP contribution >= 0.6 is 11.8 Å². The van der Waals surface area contributed by atoms with Crippen LogP contribution in [-0.4, -0.2) is 59.5 Å². The van der Waals surface area contributed by atoms with Crippen LogP contribution in [0.1, 0.15) is 60.8 Å². The second-order valence-corrected chi connectivity index (χ2v) is 8.80. The van der Waals surface area contributed by atoms with E-state index in [1.165, 1.54) is 0 Å². The first kappa shape index (κ1) is 22.2. The molecule has 3 rings (SSSR count). The Bertz CT molecular complexity index is 686. The molecule has 1 amide bonds. The van der Waals surface area contributed by atoms with Gasteiger partial charge in [-0.05, 0) is 50.0 Å². The van der Waals surface area contributed by atoms with Crippen LogP contribution in [0.5, 0.6) is 0 Å². The van der Waals surface area contributed by atoms with Gasteiger partial charge < -0.3 is 14.8 Å². The third-order valence-electron chi connectivity index (χ3n) is 5.46. The number of nitrogens with one attached hydrogen (secondary N) is 1. The lowest BCUT2D eigenvalue weighted by Crippen LogP contribution is -2.26. The van der Waals surface area contributed by atoms with E-state index in [-0.39, 0.29) is 17.8 Å². The van der Waals surface area contributed by atoms with E-state index in [1.54, 1.807) is 0 Å². The lowest BCUT2D eigenvalue weighted by atomic mass is 10.0. The molecule has 0 atom stereocenters. The fourth-order valence-electron chi connectivity index (χ4n) is 3.85. The summed E-state index contributed by atoms with van der Waals surface area (Å²) >= 11 is 1.91. The molecule has 1 N–H and O–H groups in total. The van der Waals surface area contributed by atoms with Gasteiger partial charge in [-0.1, -0.05) is 6.92 Å². The fraction of sp³-hybridized carbons (Fsp3) is 0.762. The Morgan fingerprint density at radius 2 is 2.10 bits per heavy atom. The highest BCUT2D eigenvalue weighted by Gasteiger charge is 2.24. The van der Waals surface area contributed by atoms with Crippen LogP contribution in [0.4, 0.5) is 0 Å². The first-order valence-electron chi connectivity index (χ1n) is 10.9. The van der Waals surface area contributed by atoms with E-state index in [2.05, 4.69) is 5.32 Å². The summed E-state index contributed by atoms with van der Waals surface area (Å²) in [6, 6.07) is 0. The molecule has 8 heteroatoms. The second kappa shape index (κ2) is 11.6. The van der Waals surface area contributed by atoms with E-state index in [0.29, 0.717) is 45.8 Å². The van der Waals surface area contributed by atoms with Gasteiger partial charge in [-0.2, -0.15) is 16.9 Å². The zero-order chi connectivity index (χ0) is 20.5. The molecule has 1 aromatic rings. The van der Waals surface area contributed by atoms with Crippen LogP contribution in [0.2, 0.25) is 0 Å². The molecule has 162 valence electrons. The molecule has 0 radical (unpaired) electrons. The number of esters is 1. The average Bonchev–Trinajstić information content (AvgIpc) is 3.08. The van der Waals surface area contributed by atoms with E-state index >= 15 is 0 Å². The van der Waals surface area contributed by atoms with Gasteiger partial charge in [0.2, 0.25) is 0 Å². The van der Waals surface area contributed by atoms with Gasteiger partial charge in [-0.3, -0.25) is 14.3 Å². The molecule has 0 bridgehead atoms. The number of rotatable bonds is 6. The number of aromatic nitrogens is 2. The van der Waals surface area contributed by atoms with Gasteiger partial charge in [-0.25, -0.2) is 0 Å². The molecule has 0 saturated carbocycles. The van der Waals surface area contributed by atoms with Crippen LogP contribution in [0, 0.1) is 5.92 Å². The minimum absolute atomic E-state index is 0.0356. The number of thioether (sulfide) groups is 1. The minimum atomic E-state index is -0.0594. The molecule has 1 saturated heterocycles. The van der Waals surface area contributed by atoms with Crippen LogP contribution in [0.15, 0.2) is 0 Å². The van der Waals surface area contributed by atoms with Gasteiger partial charge in [0.15, 0.2) is 0 Å². The van der Waals surface area contributed by atoms with Crippen molar-refractivity contribution in [3.05, 3.63) is 17.0 Å². The van der Waals surface area contributed by atoms with Gasteiger partial charge in [0.25, 0.3) is 5.91 Å². The Morgan fingerprint density at radius 3 is 2.90 bits per heavy atom. The summed E-state index contributed by atoms with van der Waals surface area (Å²) in [4.78, 5) is 24.9. The summed E-state index contributed by atoms with van der Waals surface area (Å²) < 4.78 is 13.1. The number of hydrogen-bond donors (Lipinski definition) is 1. The molecule has 0 aliphatic carbocycles. The number of carbonyl (C=O) groups is 2. The average molecular weight is 424 g/mol. The minimum Gasteiger partial charge on any atom is -0.465 e. The first-order chi connectivity index (χ1) is 14.2. The van der Waals surface area contributed by atoms with Crippen molar-refractivity contribution in [2.24, 2.45) is 5.92 Å². The number of ether oxygens (including phenoxy) is 2. The maximum Gasteiger partial charge on any atom is 0.308 e. The Labute approximate surface area is 177 Å². The van der Waals surface area contributed by atoms with E-state index in [1.807, 2.05) is 23.4 Å². The van der Waals surface area contributed by atoms with Crippen molar-refractivity contribution in [1.29, 1.82) is 0 Å². The Kier molecular flexibility index (Phi) is 8.86. The van der Waals surface area contributed by atoms with Crippen molar-refractivity contribution in [3.63, 3.8) is 0 Å². The van der Waals surface area contributed by atoms with Gasteiger partial charge >= 0.3 is 5.97 Å². The van der Waals surface area contributed by atoms with Crippen LogP contribution in [0.3, 0.4) is 0 Å². The maximum atomic E-state index is 12.7. The third-order valence-corrected chi connectivity index (χ3v) is 6.51. The number of fused-ring (bicyclic) bond motifs is 1. The highest BCUT2D eigenvalue weighted by Crippen LogP contribution is 2.24. The molecule has 1 aromatic heterocycles. The van der Waals surface area contributed by atoms with Crippen molar-refractivity contribution in [2.75, 3.05) is 37.9 Å². The SMILES string of the molecule is CCc1nn(CCCOC(=O)C2CCSCC2)c2c1C(=O)NCCCOCCC2. The zero-order valence-corrected chi connectivity index (χ0v) is 18.2. The zero-order valence-electron chi connectivity index (χ0n) is 17.4. The molecule has 7 nitrogen and oxygen atoms in total. The van der Waals surface area contributed by atoms with Crippen LogP contribution in [0.25, 0.3) is 0 Å². The van der Waals surface area contributed by atoms with Crippen LogP contribution < -0.4 is 5.32 Å². The Balaban J connectivity index is 1.61. The normalized spacial score (nSPS) is 19.1. The van der Waals surface area contributed by atoms with E-state index < -0.39 is 0 Å². The molecule has 29 heavy (non-hydrogen) atoms. The van der Waals surface area contributed by atoms with Crippen molar-refractivity contribution in [1.82, 2.24) is 15.1 Å². The summed E-state index contributed by atoms with van der Waals surface area (Å²) in [5, 5.41) is 7.71. The lowest BCUT2D eigenvalue weighted by Gasteiger charge is -2.19. The molecule has 0 aromatic carbocycles. The van der Waals surface area contributed by atoms with Crippen molar-refractivity contribution in [2.45, 2.75) is 58.4 Å². The van der Waals surface area contributed by atoms with Crippen molar-refractivity contribution < 1.29 is 19.1 Å². The van der Waals surface area contributed by atoms with E-state index in [4.69, 9.17) is 14.6 Å². The second-order valence-electron chi connectivity index (χ2n) is 7.58. The topological polar surface area (TPSA) is 82.5 Å². The molecule has 1 fully saturated rings. The monoisotopic (exact) mass is 423 g/mol. The highest BCUT2D eigenvalue weighted by atomic mass is 32.2. The lowest BCUT2D eigenvalue weighted by molar-refractivity contribution is -0.149.